The van der Waals surface area contributed by atoms with E-state index < -0.39 is 46.3 Å². The zero-order valence-corrected chi connectivity index (χ0v) is 18.9. The van der Waals surface area contributed by atoms with E-state index in [1.165, 1.54) is 25.1 Å². The predicted octanol–water partition coefficient (Wildman–Crippen LogP) is 9.85. The first-order valence-corrected chi connectivity index (χ1v) is 10.8. The summed E-state index contributed by atoms with van der Waals surface area (Å²) < 4.78 is 125. The fourth-order valence-corrected chi connectivity index (χ4v) is 4.18. The lowest BCUT2D eigenvalue weighted by atomic mass is 9.82. The van der Waals surface area contributed by atoms with Gasteiger partial charge in [-0.25, -0.2) is 0 Å². The zero-order chi connectivity index (χ0) is 27.2. The van der Waals surface area contributed by atoms with E-state index >= 15 is 0 Å². The summed E-state index contributed by atoms with van der Waals surface area (Å²) >= 11 is 0. The molecule has 0 heterocycles. The van der Waals surface area contributed by atoms with Crippen molar-refractivity contribution < 1.29 is 39.5 Å². The van der Waals surface area contributed by atoms with E-state index in [9.17, 15) is 39.5 Å². The normalized spacial score (nSPS) is 12.6. The summed E-state index contributed by atoms with van der Waals surface area (Å²) in [6, 6.07) is 19.9. The first kappa shape index (κ1) is 26.3. The molecule has 0 aliphatic heterocycles. The van der Waals surface area contributed by atoms with Crippen LogP contribution in [0.2, 0.25) is 0 Å². The molecule has 0 aromatic heterocycles. The second-order valence-corrected chi connectivity index (χ2v) is 8.27. The summed E-state index contributed by atoms with van der Waals surface area (Å²) in [4.78, 5) is 0. The van der Waals surface area contributed by atoms with Gasteiger partial charge in [-0.3, -0.25) is 0 Å². The molecular formula is C28H16F9. The second kappa shape index (κ2) is 9.28. The van der Waals surface area contributed by atoms with Gasteiger partial charge in [-0.05, 0) is 64.6 Å². The van der Waals surface area contributed by atoms with Crippen LogP contribution in [0.5, 0.6) is 0 Å². The van der Waals surface area contributed by atoms with Crippen LogP contribution in [0, 0.1) is 13.0 Å². The number of halogens is 9. The van der Waals surface area contributed by atoms with Gasteiger partial charge >= 0.3 is 18.5 Å². The molecule has 0 amide bonds. The highest BCUT2D eigenvalue weighted by molar-refractivity contribution is 5.92. The zero-order valence-electron chi connectivity index (χ0n) is 18.9. The standard InChI is InChI=1S/C28H16F9/c1-16-12-19(17-8-4-2-5-9-17)13-21(18-10-6-3-7-11-18)24(16)25-22(27(32,33)34)14-20(26(29,30)31)15-23(25)28(35,36)37/h2-11,13-15H,1H3. The molecule has 0 saturated heterocycles. The van der Waals surface area contributed by atoms with Gasteiger partial charge in [-0.1, -0.05) is 60.7 Å². The fraction of sp³-hybridized carbons (Fsp3) is 0.143. The van der Waals surface area contributed by atoms with Crippen molar-refractivity contribution in [3.63, 3.8) is 0 Å². The minimum Gasteiger partial charge on any atom is -0.166 e. The minimum absolute atomic E-state index is 0.00791. The number of hydrogen-bond acceptors (Lipinski definition) is 0. The molecule has 0 saturated carbocycles. The highest BCUT2D eigenvalue weighted by Crippen LogP contribution is 2.50. The summed E-state index contributed by atoms with van der Waals surface area (Å²) in [5.74, 6) is 0. The molecule has 0 aliphatic rings. The Bertz CT molecular complexity index is 1380. The maximum absolute atomic E-state index is 14.1. The Morgan fingerprint density at radius 1 is 0.541 bits per heavy atom. The Hall–Kier alpha value is -3.75. The van der Waals surface area contributed by atoms with E-state index in [0.717, 1.165) is 0 Å². The smallest absolute Gasteiger partial charge is 0.166 e. The summed E-state index contributed by atoms with van der Waals surface area (Å²) in [7, 11) is 0. The van der Waals surface area contributed by atoms with Crippen LogP contribution in [0.3, 0.4) is 0 Å². The van der Waals surface area contributed by atoms with Crippen LogP contribution >= 0.6 is 0 Å². The van der Waals surface area contributed by atoms with Gasteiger partial charge in [-0.2, -0.15) is 39.5 Å². The van der Waals surface area contributed by atoms with Crippen LogP contribution in [-0.2, 0) is 18.5 Å². The van der Waals surface area contributed by atoms with Gasteiger partial charge in [0.2, 0.25) is 0 Å². The van der Waals surface area contributed by atoms with Gasteiger partial charge in [-0.15, -0.1) is 0 Å². The lowest BCUT2D eigenvalue weighted by Crippen LogP contribution is -2.18. The fourth-order valence-electron chi connectivity index (χ4n) is 4.18. The molecule has 0 nitrogen and oxygen atoms in total. The van der Waals surface area contributed by atoms with Crippen LogP contribution < -0.4 is 0 Å². The third-order valence-corrected chi connectivity index (χ3v) is 5.75. The molecular weight excluding hydrogens is 507 g/mol. The average molecular weight is 523 g/mol. The van der Waals surface area contributed by atoms with Crippen molar-refractivity contribution in [2.45, 2.75) is 25.5 Å². The van der Waals surface area contributed by atoms with Crippen molar-refractivity contribution in [1.29, 1.82) is 0 Å². The summed E-state index contributed by atoms with van der Waals surface area (Å²) in [5.41, 5.74) is -6.79. The van der Waals surface area contributed by atoms with E-state index in [0.29, 0.717) is 11.1 Å². The van der Waals surface area contributed by atoms with E-state index in [1.54, 1.807) is 48.5 Å². The van der Waals surface area contributed by atoms with Crippen LogP contribution in [0.4, 0.5) is 39.5 Å². The van der Waals surface area contributed by atoms with Crippen molar-refractivity contribution in [3.05, 3.63) is 107 Å². The van der Waals surface area contributed by atoms with Gasteiger partial charge in [0, 0.05) is 5.56 Å². The maximum atomic E-state index is 14.1. The van der Waals surface area contributed by atoms with E-state index in [1.807, 2.05) is 0 Å². The van der Waals surface area contributed by atoms with Gasteiger partial charge in [0.05, 0.1) is 16.7 Å². The first-order valence-electron chi connectivity index (χ1n) is 10.8. The molecule has 4 rings (SSSR count). The van der Waals surface area contributed by atoms with E-state index in [-0.39, 0.29) is 28.8 Å². The quantitative estimate of drug-likeness (QED) is 0.235. The monoisotopic (exact) mass is 523 g/mol. The number of hydrogen-bond donors (Lipinski definition) is 0. The summed E-state index contributed by atoms with van der Waals surface area (Å²) in [6.45, 7) is 1.28. The van der Waals surface area contributed by atoms with Gasteiger partial charge < -0.3 is 0 Å². The molecule has 0 N–H and O–H groups in total. The first-order chi connectivity index (χ1) is 17.2. The van der Waals surface area contributed by atoms with Crippen molar-refractivity contribution in [2.24, 2.45) is 0 Å². The van der Waals surface area contributed by atoms with Crippen LogP contribution in [-0.4, -0.2) is 0 Å². The van der Waals surface area contributed by atoms with Gasteiger partial charge in [0.1, 0.15) is 0 Å². The lowest BCUT2D eigenvalue weighted by Gasteiger charge is -2.25. The number of alkyl halides is 9. The van der Waals surface area contributed by atoms with Crippen LogP contribution in [0.1, 0.15) is 22.3 Å². The Morgan fingerprint density at radius 2 is 1.00 bits per heavy atom. The highest BCUT2D eigenvalue weighted by Gasteiger charge is 2.45. The Kier molecular flexibility index (Phi) is 6.60. The molecule has 37 heavy (non-hydrogen) atoms. The molecule has 1 radical (unpaired) electrons. The highest BCUT2D eigenvalue weighted by atomic mass is 19.4. The molecule has 0 atom stereocenters. The molecule has 191 valence electrons. The molecule has 0 spiro atoms. The Balaban J connectivity index is 2.19. The van der Waals surface area contributed by atoms with Crippen molar-refractivity contribution >= 4 is 0 Å². The maximum Gasteiger partial charge on any atom is 0.417 e. The van der Waals surface area contributed by atoms with Crippen molar-refractivity contribution in [2.75, 3.05) is 0 Å². The topological polar surface area (TPSA) is 0 Å². The molecule has 0 aliphatic carbocycles. The molecule has 4 aromatic carbocycles. The molecule has 0 fully saturated rings. The van der Waals surface area contributed by atoms with Gasteiger partial charge in [0.15, 0.2) is 0 Å². The number of aryl methyl sites for hydroxylation is 1. The molecule has 0 unspecified atom stereocenters. The van der Waals surface area contributed by atoms with Crippen molar-refractivity contribution in [3.8, 4) is 33.4 Å². The average Bonchev–Trinajstić information content (AvgIpc) is 2.82. The van der Waals surface area contributed by atoms with E-state index in [2.05, 4.69) is 6.07 Å². The Morgan fingerprint density at radius 3 is 1.43 bits per heavy atom. The SMILES string of the molecule is Cc1[c]c(-c2ccccc2)cc(-c2ccccc2)c1-c1c(C(F)(F)F)cc(C(F)(F)F)cc1C(F)(F)F. The largest absolute Gasteiger partial charge is 0.417 e. The van der Waals surface area contributed by atoms with E-state index in [4.69, 9.17) is 0 Å². The van der Waals surface area contributed by atoms with Gasteiger partial charge in [0.25, 0.3) is 0 Å². The third kappa shape index (κ3) is 5.35. The predicted molar refractivity (Wildman–Crippen MR) is 121 cm³/mol. The molecule has 4 aromatic rings. The Labute approximate surface area is 206 Å². The van der Waals surface area contributed by atoms with Crippen LogP contribution in [0.15, 0.2) is 78.9 Å². The third-order valence-electron chi connectivity index (χ3n) is 5.75. The second-order valence-electron chi connectivity index (χ2n) is 8.27. The number of rotatable bonds is 3. The molecule has 0 bridgehead atoms. The molecule has 9 heteroatoms. The van der Waals surface area contributed by atoms with Crippen molar-refractivity contribution in [1.82, 2.24) is 0 Å². The summed E-state index contributed by atoms with van der Waals surface area (Å²) in [5, 5.41) is 0. The van der Waals surface area contributed by atoms with Crippen LogP contribution in [0.25, 0.3) is 33.4 Å². The summed E-state index contributed by atoms with van der Waals surface area (Å²) in [6.07, 6.45) is -16.5. The lowest BCUT2D eigenvalue weighted by molar-refractivity contribution is -0.147. The number of benzene rings is 4. The minimum atomic E-state index is -5.52.